The molecule has 0 aliphatic rings. The minimum atomic E-state index is -1.29. The molecule has 0 saturated heterocycles. The number of halogens is 3. The molecule has 1 amide bonds. The number of nitriles is 1. The normalized spacial score (nSPS) is 12.4. The molecule has 22 heavy (non-hydrogen) atoms. The summed E-state index contributed by atoms with van der Waals surface area (Å²) in [6.45, 7) is 5.00. The molecule has 0 aliphatic heterocycles. The summed E-state index contributed by atoms with van der Waals surface area (Å²) in [6.07, 6.45) is -1.05. The maximum absolute atomic E-state index is 13.6. The monoisotopic (exact) mass is 314 g/mol. The summed E-state index contributed by atoms with van der Waals surface area (Å²) in [7, 11) is 0. The number of nitrogens with one attached hydrogen (secondary N) is 1. The van der Waals surface area contributed by atoms with Gasteiger partial charge in [0.1, 0.15) is 11.4 Å². The summed E-state index contributed by atoms with van der Waals surface area (Å²) in [6, 6.07) is 2.21. The molecule has 0 aromatic heterocycles. The average Bonchev–Trinajstić information content (AvgIpc) is 2.33. The van der Waals surface area contributed by atoms with E-state index in [2.05, 4.69) is 5.32 Å². The van der Waals surface area contributed by atoms with E-state index >= 15 is 0 Å². The van der Waals surface area contributed by atoms with E-state index in [0.717, 1.165) is 0 Å². The van der Waals surface area contributed by atoms with Gasteiger partial charge in [0.15, 0.2) is 11.6 Å². The summed E-state index contributed by atoms with van der Waals surface area (Å²) in [5.41, 5.74) is -0.857. The molecule has 1 rings (SSSR count). The molecule has 7 heteroatoms. The van der Waals surface area contributed by atoms with Gasteiger partial charge >= 0.3 is 6.09 Å². The number of nitrogens with zero attached hydrogens (tertiary/aromatic N) is 1. The first-order chi connectivity index (χ1) is 10.1. The van der Waals surface area contributed by atoms with Gasteiger partial charge in [0.2, 0.25) is 0 Å². The predicted molar refractivity (Wildman–Crippen MR) is 73.4 cm³/mol. The first-order valence-electron chi connectivity index (χ1n) is 6.62. The molecule has 1 N–H and O–H groups in total. The molecule has 0 heterocycles. The Morgan fingerprint density at radius 3 is 2.41 bits per heavy atom. The number of carbonyl (C=O) groups is 1. The number of rotatable bonds is 4. The summed E-state index contributed by atoms with van der Waals surface area (Å²) in [4.78, 5) is 11.7. The highest BCUT2D eigenvalue weighted by Crippen LogP contribution is 2.16. The molecule has 0 unspecified atom stereocenters. The molecule has 0 saturated carbocycles. The van der Waals surface area contributed by atoms with E-state index in [9.17, 15) is 18.0 Å². The minimum absolute atomic E-state index is 0.127. The minimum Gasteiger partial charge on any atom is -0.444 e. The third-order valence-electron chi connectivity index (χ3n) is 2.61. The number of hydrogen-bond acceptors (Lipinski definition) is 3. The van der Waals surface area contributed by atoms with Gasteiger partial charge < -0.3 is 10.1 Å². The van der Waals surface area contributed by atoms with E-state index in [1.165, 1.54) is 0 Å². The Morgan fingerprint density at radius 2 is 1.86 bits per heavy atom. The Kier molecular flexibility index (Phi) is 5.80. The lowest BCUT2D eigenvalue weighted by atomic mass is 10.0. The van der Waals surface area contributed by atoms with Crippen molar-refractivity contribution in [3.05, 3.63) is 35.1 Å². The molecule has 0 aliphatic carbocycles. The van der Waals surface area contributed by atoms with E-state index < -0.39 is 35.2 Å². The number of ether oxygens (including phenoxy) is 1. The zero-order valence-electron chi connectivity index (χ0n) is 12.5. The van der Waals surface area contributed by atoms with E-state index in [0.29, 0.717) is 12.1 Å². The van der Waals surface area contributed by atoms with Gasteiger partial charge in [-0.3, -0.25) is 0 Å². The second-order valence-electron chi connectivity index (χ2n) is 5.77. The van der Waals surface area contributed by atoms with Crippen LogP contribution < -0.4 is 5.32 Å². The second-order valence-corrected chi connectivity index (χ2v) is 5.77. The van der Waals surface area contributed by atoms with Crippen LogP contribution in [0.25, 0.3) is 0 Å². The fourth-order valence-corrected chi connectivity index (χ4v) is 1.74. The predicted octanol–water partition coefficient (Wildman–Crippen LogP) is 3.45. The molecular formula is C15H17F3N2O2. The van der Waals surface area contributed by atoms with Crippen LogP contribution >= 0.6 is 0 Å². The van der Waals surface area contributed by atoms with Gasteiger partial charge in [0.05, 0.1) is 12.5 Å². The Morgan fingerprint density at radius 1 is 1.27 bits per heavy atom. The average molecular weight is 314 g/mol. The Hall–Kier alpha value is -2.23. The van der Waals surface area contributed by atoms with Crippen molar-refractivity contribution < 1.29 is 22.7 Å². The first kappa shape index (κ1) is 17.8. The summed E-state index contributed by atoms with van der Waals surface area (Å²) in [5, 5.41) is 11.2. The van der Waals surface area contributed by atoms with Gasteiger partial charge in [-0.15, -0.1) is 0 Å². The van der Waals surface area contributed by atoms with Crippen LogP contribution in [0.2, 0.25) is 0 Å². The third-order valence-corrected chi connectivity index (χ3v) is 2.61. The van der Waals surface area contributed by atoms with E-state index in [4.69, 9.17) is 10.00 Å². The maximum atomic E-state index is 13.6. The van der Waals surface area contributed by atoms with Crippen LogP contribution in [0.3, 0.4) is 0 Å². The smallest absolute Gasteiger partial charge is 0.407 e. The molecule has 1 aromatic rings. The quantitative estimate of drug-likeness (QED) is 0.866. The summed E-state index contributed by atoms with van der Waals surface area (Å²) in [5.74, 6) is -3.42. The van der Waals surface area contributed by atoms with Gasteiger partial charge in [-0.1, -0.05) is 0 Å². The van der Waals surface area contributed by atoms with Gasteiger partial charge in [0.25, 0.3) is 0 Å². The third kappa shape index (κ3) is 5.64. The van der Waals surface area contributed by atoms with Gasteiger partial charge in [0, 0.05) is 12.1 Å². The van der Waals surface area contributed by atoms with E-state index in [-0.39, 0.29) is 18.4 Å². The largest absolute Gasteiger partial charge is 0.444 e. The SMILES string of the molecule is CC(C)(C)OC(=O)N[C@@H](CC#N)Cc1cc(F)c(F)cc1F. The lowest BCUT2D eigenvalue weighted by Gasteiger charge is -2.22. The molecule has 1 aromatic carbocycles. The number of amides is 1. The maximum Gasteiger partial charge on any atom is 0.407 e. The van der Waals surface area contributed by atoms with Crippen LogP contribution in [-0.2, 0) is 11.2 Å². The highest BCUT2D eigenvalue weighted by atomic mass is 19.2. The molecule has 120 valence electrons. The summed E-state index contributed by atoms with van der Waals surface area (Å²) < 4.78 is 44.7. The van der Waals surface area contributed by atoms with Crippen molar-refractivity contribution in [2.45, 2.75) is 45.3 Å². The molecule has 0 spiro atoms. The number of benzene rings is 1. The van der Waals surface area contributed by atoms with Crippen molar-refractivity contribution in [1.82, 2.24) is 5.32 Å². The lowest BCUT2D eigenvalue weighted by Crippen LogP contribution is -2.40. The molecule has 0 fully saturated rings. The van der Waals surface area contributed by atoms with Crippen LogP contribution in [-0.4, -0.2) is 17.7 Å². The van der Waals surface area contributed by atoms with Crippen molar-refractivity contribution in [2.75, 3.05) is 0 Å². The van der Waals surface area contributed by atoms with Crippen molar-refractivity contribution in [3.8, 4) is 6.07 Å². The van der Waals surface area contributed by atoms with Crippen LogP contribution in [0.5, 0.6) is 0 Å². The molecule has 0 radical (unpaired) electrons. The van der Waals surface area contributed by atoms with Crippen molar-refractivity contribution in [3.63, 3.8) is 0 Å². The fraction of sp³-hybridized carbons (Fsp3) is 0.467. The zero-order valence-corrected chi connectivity index (χ0v) is 12.5. The summed E-state index contributed by atoms with van der Waals surface area (Å²) >= 11 is 0. The highest BCUT2D eigenvalue weighted by Gasteiger charge is 2.21. The number of hydrogen-bond donors (Lipinski definition) is 1. The second kappa shape index (κ2) is 7.16. The topological polar surface area (TPSA) is 62.1 Å². The zero-order chi connectivity index (χ0) is 16.9. The van der Waals surface area contributed by atoms with Crippen LogP contribution in [0, 0.1) is 28.8 Å². The lowest BCUT2D eigenvalue weighted by molar-refractivity contribution is 0.0505. The first-order valence-corrected chi connectivity index (χ1v) is 6.62. The van der Waals surface area contributed by atoms with Crippen LogP contribution in [0.1, 0.15) is 32.8 Å². The number of alkyl carbamates (subject to hydrolysis) is 1. The molecular weight excluding hydrogens is 297 g/mol. The Labute approximate surface area is 126 Å². The fourth-order valence-electron chi connectivity index (χ4n) is 1.74. The van der Waals surface area contributed by atoms with Crippen LogP contribution in [0.15, 0.2) is 12.1 Å². The van der Waals surface area contributed by atoms with Crippen molar-refractivity contribution >= 4 is 6.09 Å². The van der Waals surface area contributed by atoms with E-state index in [1.54, 1.807) is 20.8 Å². The van der Waals surface area contributed by atoms with Gasteiger partial charge in [-0.05, 0) is 38.8 Å². The van der Waals surface area contributed by atoms with Crippen molar-refractivity contribution in [2.24, 2.45) is 0 Å². The van der Waals surface area contributed by atoms with E-state index in [1.807, 2.05) is 6.07 Å². The molecule has 4 nitrogen and oxygen atoms in total. The molecule has 1 atom stereocenters. The standard InChI is InChI=1S/C15H17F3N2O2/c1-15(2,3)22-14(21)20-10(4-5-19)6-9-7-12(17)13(18)8-11(9)16/h7-8,10H,4,6H2,1-3H3,(H,20,21)/t10-/m0/s1. The molecule has 0 bridgehead atoms. The van der Waals surface area contributed by atoms with Crippen LogP contribution in [0.4, 0.5) is 18.0 Å². The van der Waals surface area contributed by atoms with Gasteiger partial charge in [-0.2, -0.15) is 5.26 Å². The van der Waals surface area contributed by atoms with Crippen molar-refractivity contribution in [1.29, 1.82) is 5.26 Å². The number of carbonyl (C=O) groups excluding carboxylic acids is 1. The Balaban J connectivity index is 2.83. The highest BCUT2D eigenvalue weighted by molar-refractivity contribution is 5.68. The Bertz CT molecular complexity index is 592. The van der Waals surface area contributed by atoms with Gasteiger partial charge in [-0.25, -0.2) is 18.0 Å².